The van der Waals surface area contributed by atoms with Crippen LogP contribution >= 0.6 is 15.9 Å². The van der Waals surface area contributed by atoms with Gasteiger partial charge >= 0.3 is 6.18 Å². The molecule has 0 aliphatic heterocycles. The average molecular weight is 495 g/mol. The fourth-order valence-corrected chi connectivity index (χ4v) is 3.33. The molecule has 9 heteroatoms. The first-order chi connectivity index (χ1) is 14.7. The van der Waals surface area contributed by atoms with Crippen LogP contribution in [0.2, 0.25) is 0 Å². The molecule has 0 amide bonds. The second-order valence-corrected chi connectivity index (χ2v) is 8.18. The van der Waals surface area contributed by atoms with Gasteiger partial charge < -0.3 is 15.7 Å². The van der Waals surface area contributed by atoms with Crippen molar-refractivity contribution in [3.05, 3.63) is 64.6 Å². The van der Waals surface area contributed by atoms with Crippen molar-refractivity contribution < 1.29 is 18.3 Å². The van der Waals surface area contributed by atoms with Gasteiger partial charge in [0, 0.05) is 16.1 Å². The molecule has 3 rings (SSSR count). The lowest BCUT2D eigenvalue weighted by atomic mass is 10.1. The molecule has 1 aromatic heterocycles. The molecule has 164 valence electrons. The van der Waals surface area contributed by atoms with E-state index in [-0.39, 0.29) is 23.0 Å². The second-order valence-electron chi connectivity index (χ2n) is 7.32. The number of benzene rings is 2. The van der Waals surface area contributed by atoms with Gasteiger partial charge in [-0.1, -0.05) is 44.2 Å². The molecule has 3 aromatic rings. The molecule has 0 fully saturated rings. The van der Waals surface area contributed by atoms with E-state index in [1.54, 1.807) is 6.07 Å². The van der Waals surface area contributed by atoms with E-state index < -0.39 is 11.7 Å². The number of alkyl halides is 3. The van der Waals surface area contributed by atoms with Crippen LogP contribution in [0.1, 0.15) is 19.4 Å². The molecule has 0 spiro atoms. The van der Waals surface area contributed by atoms with Gasteiger partial charge in [0.2, 0.25) is 5.95 Å². The van der Waals surface area contributed by atoms with Crippen LogP contribution in [0.5, 0.6) is 0 Å². The molecule has 1 heterocycles. The largest absolute Gasteiger partial charge is 0.416 e. The van der Waals surface area contributed by atoms with Crippen molar-refractivity contribution in [3.8, 4) is 11.3 Å². The van der Waals surface area contributed by atoms with Crippen LogP contribution in [-0.2, 0) is 6.18 Å². The van der Waals surface area contributed by atoms with E-state index in [0.29, 0.717) is 23.1 Å². The van der Waals surface area contributed by atoms with E-state index in [0.717, 1.165) is 17.7 Å². The summed E-state index contributed by atoms with van der Waals surface area (Å²) < 4.78 is 39.1. The van der Waals surface area contributed by atoms with Crippen molar-refractivity contribution in [2.24, 2.45) is 5.92 Å². The Morgan fingerprint density at radius 1 is 1.03 bits per heavy atom. The number of nitrogens with one attached hydrogen (secondary N) is 2. The summed E-state index contributed by atoms with van der Waals surface area (Å²) in [5.41, 5.74) is 1.17. The highest BCUT2D eigenvalue weighted by Gasteiger charge is 2.30. The Labute approximate surface area is 186 Å². The summed E-state index contributed by atoms with van der Waals surface area (Å²) in [5, 5.41) is 15.8. The molecule has 0 aliphatic rings. The maximum Gasteiger partial charge on any atom is 0.416 e. The first-order valence-electron chi connectivity index (χ1n) is 9.63. The summed E-state index contributed by atoms with van der Waals surface area (Å²) >= 11 is 3.20. The van der Waals surface area contributed by atoms with Gasteiger partial charge in [-0.05, 0) is 40.0 Å². The van der Waals surface area contributed by atoms with Crippen LogP contribution in [-0.4, -0.2) is 27.7 Å². The summed E-state index contributed by atoms with van der Waals surface area (Å²) in [6.45, 7) is 3.84. The predicted molar refractivity (Wildman–Crippen MR) is 119 cm³/mol. The molecular formula is C22H22BrF3N4O. The topological polar surface area (TPSA) is 70.1 Å². The SMILES string of the molecule is CC(C)[C@@H](CO)Nc1nc(Nc2ccc(C(F)(F)F)cc2Br)cc(-c2ccccc2)n1. The summed E-state index contributed by atoms with van der Waals surface area (Å²) in [5.74, 6) is 0.839. The minimum absolute atomic E-state index is 0.0934. The molecule has 2 aromatic carbocycles. The number of hydrogen-bond donors (Lipinski definition) is 3. The van der Waals surface area contributed by atoms with Crippen LogP contribution < -0.4 is 10.6 Å². The standard InChI is InChI=1S/C22H22BrF3N4O/c1-13(2)19(12-31)29-21-28-18(14-6-4-3-5-7-14)11-20(30-21)27-17-9-8-15(10-16(17)23)22(24,25)26/h3-11,13,19,31H,12H2,1-2H3,(H2,27,28,29,30)/t19-/m1/s1. The fraction of sp³-hybridized carbons (Fsp3) is 0.273. The second kappa shape index (κ2) is 9.65. The zero-order valence-electron chi connectivity index (χ0n) is 16.9. The Kier molecular flexibility index (Phi) is 7.17. The number of nitrogens with zero attached hydrogens (tertiary/aromatic N) is 2. The Bertz CT molecular complexity index is 1030. The summed E-state index contributed by atoms with van der Waals surface area (Å²) in [6, 6.07) is 14.3. The van der Waals surface area contributed by atoms with E-state index in [2.05, 4.69) is 36.5 Å². The number of aliphatic hydroxyl groups is 1. The maximum atomic E-state index is 12.9. The van der Waals surface area contributed by atoms with E-state index in [9.17, 15) is 18.3 Å². The normalized spacial score (nSPS) is 12.6. The lowest BCUT2D eigenvalue weighted by Gasteiger charge is -2.21. The minimum Gasteiger partial charge on any atom is -0.394 e. The third-order valence-electron chi connectivity index (χ3n) is 4.67. The molecule has 0 aliphatic carbocycles. The van der Waals surface area contributed by atoms with Gasteiger partial charge in [-0.15, -0.1) is 0 Å². The van der Waals surface area contributed by atoms with Gasteiger partial charge in [0.15, 0.2) is 0 Å². The molecule has 3 N–H and O–H groups in total. The number of anilines is 3. The number of aliphatic hydroxyl groups excluding tert-OH is 1. The maximum absolute atomic E-state index is 12.9. The van der Waals surface area contributed by atoms with Crippen molar-refractivity contribution >= 4 is 33.4 Å². The van der Waals surface area contributed by atoms with Crippen LogP contribution in [0.15, 0.2) is 59.1 Å². The van der Waals surface area contributed by atoms with Gasteiger partial charge in [0.05, 0.1) is 29.6 Å². The van der Waals surface area contributed by atoms with Gasteiger partial charge in [-0.25, -0.2) is 4.98 Å². The highest BCUT2D eigenvalue weighted by molar-refractivity contribution is 9.10. The Hall–Kier alpha value is -2.65. The van der Waals surface area contributed by atoms with Crippen molar-refractivity contribution in [3.63, 3.8) is 0 Å². The molecule has 0 saturated carbocycles. The average Bonchev–Trinajstić information content (AvgIpc) is 2.73. The number of rotatable bonds is 7. The minimum atomic E-state index is -4.43. The first-order valence-corrected chi connectivity index (χ1v) is 10.4. The number of hydrogen-bond acceptors (Lipinski definition) is 5. The molecule has 0 saturated heterocycles. The van der Waals surface area contributed by atoms with Crippen molar-refractivity contribution in [2.75, 3.05) is 17.2 Å². The van der Waals surface area contributed by atoms with Crippen LogP contribution in [0.25, 0.3) is 11.3 Å². The Morgan fingerprint density at radius 2 is 1.74 bits per heavy atom. The zero-order valence-corrected chi connectivity index (χ0v) is 18.5. The Morgan fingerprint density at radius 3 is 2.32 bits per heavy atom. The lowest BCUT2D eigenvalue weighted by molar-refractivity contribution is -0.137. The summed E-state index contributed by atoms with van der Waals surface area (Å²) in [7, 11) is 0. The highest BCUT2D eigenvalue weighted by atomic mass is 79.9. The molecule has 0 radical (unpaired) electrons. The monoisotopic (exact) mass is 494 g/mol. The van der Waals surface area contributed by atoms with E-state index >= 15 is 0 Å². The summed E-state index contributed by atoms with van der Waals surface area (Å²) in [4.78, 5) is 9.00. The molecule has 1 atom stereocenters. The lowest BCUT2D eigenvalue weighted by Crippen LogP contribution is -2.30. The van der Waals surface area contributed by atoms with Crippen molar-refractivity contribution in [2.45, 2.75) is 26.1 Å². The molecular weight excluding hydrogens is 473 g/mol. The van der Waals surface area contributed by atoms with Gasteiger partial charge in [-0.2, -0.15) is 18.2 Å². The molecule has 5 nitrogen and oxygen atoms in total. The first kappa shape index (κ1) is 23.0. The Balaban J connectivity index is 1.98. The van der Waals surface area contributed by atoms with E-state index in [1.165, 1.54) is 6.07 Å². The number of aromatic nitrogens is 2. The molecule has 0 unspecified atom stereocenters. The van der Waals surface area contributed by atoms with Gasteiger partial charge in [-0.3, -0.25) is 0 Å². The van der Waals surface area contributed by atoms with Crippen LogP contribution in [0.3, 0.4) is 0 Å². The third-order valence-corrected chi connectivity index (χ3v) is 5.33. The molecule has 0 bridgehead atoms. The predicted octanol–water partition coefficient (Wildman–Crippen LogP) is 6.10. The molecule has 31 heavy (non-hydrogen) atoms. The summed E-state index contributed by atoms with van der Waals surface area (Å²) in [6.07, 6.45) is -4.43. The van der Waals surface area contributed by atoms with Gasteiger partial charge in [0.25, 0.3) is 0 Å². The van der Waals surface area contributed by atoms with Gasteiger partial charge in [0.1, 0.15) is 5.82 Å². The van der Waals surface area contributed by atoms with Crippen LogP contribution in [0.4, 0.5) is 30.6 Å². The van der Waals surface area contributed by atoms with E-state index in [1.807, 2.05) is 44.2 Å². The quantitative estimate of drug-likeness (QED) is 0.370. The number of halogens is 4. The highest BCUT2D eigenvalue weighted by Crippen LogP contribution is 2.35. The van der Waals surface area contributed by atoms with Crippen molar-refractivity contribution in [1.82, 2.24) is 9.97 Å². The smallest absolute Gasteiger partial charge is 0.394 e. The van der Waals surface area contributed by atoms with Crippen molar-refractivity contribution in [1.29, 1.82) is 0 Å². The third kappa shape index (κ3) is 5.95. The fourth-order valence-electron chi connectivity index (χ4n) is 2.85. The van der Waals surface area contributed by atoms with E-state index in [4.69, 9.17) is 0 Å². The van der Waals surface area contributed by atoms with Crippen LogP contribution in [0, 0.1) is 5.92 Å². The zero-order chi connectivity index (χ0) is 22.6.